The van der Waals surface area contributed by atoms with Gasteiger partial charge in [-0.25, -0.2) is 0 Å². The lowest BCUT2D eigenvalue weighted by atomic mass is 10.1. The minimum Gasteiger partial charge on any atom is -0.346 e. The van der Waals surface area contributed by atoms with Crippen LogP contribution in [0.5, 0.6) is 0 Å². The summed E-state index contributed by atoms with van der Waals surface area (Å²) in [7, 11) is 0. The normalized spacial score (nSPS) is 11.9. The molecule has 1 atom stereocenters. The number of carbonyl (C=O) groups is 1. The molecule has 2 nitrogen and oxygen atoms in total. The molecule has 80 valence electrons. The highest BCUT2D eigenvalue weighted by Gasteiger charge is 2.08. The zero-order chi connectivity index (χ0) is 11.4. The Balaban J connectivity index is 2.82. The molecule has 0 bridgehead atoms. The minimum absolute atomic E-state index is 0.120. The van der Waals surface area contributed by atoms with E-state index in [0.717, 1.165) is 5.56 Å². The second kappa shape index (κ2) is 5.19. The van der Waals surface area contributed by atoms with Crippen molar-refractivity contribution in [1.29, 1.82) is 0 Å². The van der Waals surface area contributed by atoms with Crippen LogP contribution in [0, 0.1) is 0 Å². The zero-order valence-electron chi connectivity index (χ0n) is 8.26. The number of hydrogen-bond acceptors (Lipinski definition) is 1. The van der Waals surface area contributed by atoms with Gasteiger partial charge in [-0.05, 0) is 30.7 Å². The van der Waals surface area contributed by atoms with E-state index in [0.29, 0.717) is 10.0 Å². The summed E-state index contributed by atoms with van der Waals surface area (Å²) in [6.45, 7) is 5.24. The lowest BCUT2D eigenvalue weighted by Crippen LogP contribution is -2.24. The number of amides is 1. The Kier molecular flexibility index (Phi) is 4.18. The van der Waals surface area contributed by atoms with Gasteiger partial charge in [-0.1, -0.05) is 35.8 Å². The van der Waals surface area contributed by atoms with Crippen LogP contribution in [0.25, 0.3) is 0 Å². The molecule has 0 spiro atoms. The molecule has 0 aromatic heterocycles. The number of halogens is 2. The van der Waals surface area contributed by atoms with E-state index in [-0.39, 0.29) is 11.9 Å². The Morgan fingerprint density at radius 2 is 2.13 bits per heavy atom. The number of nitrogens with one attached hydrogen (secondary N) is 1. The third-order valence-electron chi connectivity index (χ3n) is 1.99. The Labute approximate surface area is 98.9 Å². The van der Waals surface area contributed by atoms with Crippen molar-refractivity contribution in [3.05, 3.63) is 46.5 Å². The summed E-state index contributed by atoms with van der Waals surface area (Å²) in [5, 5.41) is 3.72. The van der Waals surface area contributed by atoms with E-state index in [1.165, 1.54) is 6.08 Å². The first-order valence-corrected chi connectivity index (χ1v) is 5.18. The maximum absolute atomic E-state index is 11.1. The van der Waals surface area contributed by atoms with Gasteiger partial charge in [-0.2, -0.15) is 0 Å². The van der Waals surface area contributed by atoms with Gasteiger partial charge in [0.1, 0.15) is 0 Å². The van der Waals surface area contributed by atoms with Crippen molar-refractivity contribution < 1.29 is 4.79 Å². The molecule has 0 saturated carbocycles. The van der Waals surface area contributed by atoms with Crippen LogP contribution in [0.3, 0.4) is 0 Å². The predicted octanol–water partition coefficient (Wildman–Crippen LogP) is 3.36. The maximum atomic E-state index is 11.1. The van der Waals surface area contributed by atoms with Crippen LogP contribution in [0.2, 0.25) is 10.0 Å². The number of hydrogen-bond donors (Lipinski definition) is 1. The molecule has 0 aliphatic carbocycles. The Bertz CT molecular complexity index is 390. The Morgan fingerprint density at radius 3 is 2.67 bits per heavy atom. The van der Waals surface area contributed by atoms with E-state index < -0.39 is 0 Å². The van der Waals surface area contributed by atoms with E-state index >= 15 is 0 Å². The summed E-state index contributed by atoms with van der Waals surface area (Å²) in [4.78, 5) is 11.1. The van der Waals surface area contributed by atoms with Crippen molar-refractivity contribution in [1.82, 2.24) is 5.32 Å². The first-order chi connectivity index (χ1) is 7.04. The fraction of sp³-hybridized carbons (Fsp3) is 0.182. The molecule has 1 aromatic carbocycles. The smallest absolute Gasteiger partial charge is 0.243 e. The van der Waals surface area contributed by atoms with E-state index in [9.17, 15) is 4.79 Å². The molecule has 4 heteroatoms. The van der Waals surface area contributed by atoms with Gasteiger partial charge < -0.3 is 5.32 Å². The number of rotatable bonds is 3. The van der Waals surface area contributed by atoms with E-state index in [2.05, 4.69) is 11.9 Å². The highest BCUT2D eigenvalue weighted by molar-refractivity contribution is 6.42. The molecule has 1 aromatic rings. The standard InChI is InChI=1S/C11H11Cl2NO/c1-3-11(15)14-7(2)8-4-5-9(12)10(13)6-8/h3-7H,1H2,2H3,(H,14,15)/t7-/m0/s1. The minimum atomic E-state index is -0.214. The van der Waals surface area contributed by atoms with Crippen LogP contribution in [0.4, 0.5) is 0 Å². The fourth-order valence-corrected chi connectivity index (χ4v) is 1.44. The van der Waals surface area contributed by atoms with Crippen molar-refractivity contribution in [3.63, 3.8) is 0 Å². The van der Waals surface area contributed by atoms with Crippen molar-refractivity contribution in [2.75, 3.05) is 0 Å². The van der Waals surface area contributed by atoms with Crippen molar-refractivity contribution >= 4 is 29.1 Å². The van der Waals surface area contributed by atoms with E-state index in [4.69, 9.17) is 23.2 Å². The predicted molar refractivity (Wildman–Crippen MR) is 63.2 cm³/mol. The monoisotopic (exact) mass is 243 g/mol. The lowest BCUT2D eigenvalue weighted by molar-refractivity contribution is -0.117. The summed E-state index contributed by atoms with van der Waals surface area (Å²) >= 11 is 11.6. The molecule has 0 fully saturated rings. The van der Waals surface area contributed by atoms with E-state index in [1.54, 1.807) is 12.1 Å². The molecule has 1 rings (SSSR count). The van der Waals surface area contributed by atoms with E-state index in [1.807, 2.05) is 13.0 Å². The average Bonchev–Trinajstić information content (AvgIpc) is 2.21. The molecule has 0 heterocycles. The molecule has 1 amide bonds. The molecule has 15 heavy (non-hydrogen) atoms. The Morgan fingerprint density at radius 1 is 1.47 bits per heavy atom. The zero-order valence-corrected chi connectivity index (χ0v) is 9.77. The van der Waals surface area contributed by atoms with Crippen LogP contribution in [-0.4, -0.2) is 5.91 Å². The topological polar surface area (TPSA) is 29.1 Å². The second-order valence-corrected chi connectivity index (χ2v) is 3.92. The summed E-state index contributed by atoms with van der Waals surface area (Å²) in [6.07, 6.45) is 1.23. The number of benzene rings is 1. The van der Waals surface area contributed by atoms with Gasteiger partial charge in [-0.15, -0.1) is 0 Å². The quantitative estimate of drug-likeness (QED) is 0.811. The van der Waals surface area contributed by atoms with Gasteiger partial charge in [0.05, 0.1) is 16.1 Å². The molecule has 0 unspecified atom stereocenters. The third-order valence-corrected chi connectivity index (χ3v) is 2.73. The van der Waals surface area contributed by atoms with Crippen molar-refractivity contribution in [3.8, 4) is 0 Å². The van der Waals surface area contributed by atoms with Gasteiger partial charge in [0.25, 0.3) is 0 Å². The lowest BCUT2D eigenvalue weighted by Gasteiger charge is -2.13. The van der Waals surface area contributed by atoms with Crippen LogP contribution in [0.15, 0.2) is 30.9 Å². The summed E-state index contributed by atoms with van der Waals surface area (Å²) in [6, 6.07) is 5.14. The van der Waals surface area contributed by atoms with Crippen LogP contribution >= 0.6 is 23.2 Å². The van der Waals surface area contributed by atoms with Gasteiger partial charge >= 0.3 is 0 Å². The van der Waals surface area contributed by atoms with Gasteiger partial charge in [0.15, 0.2) is 0 Å². The molecule has 1 N–H and O–H groups in total. The fourth-order valence-electron chi connectivity index (χ4n) is 1.14. The SMILES string of the molecule is C=CC(=O)N[C@@H](C)c1ccc(Cl)c(Cl)c1. The maximum Gasteiger partial charge on any atom is 0.243 e. The van der Waals surface area contributed by atoms with Crippen LogP contribution < -0.4 is 5.32 Å². The van der Waals surface area contributed by atoms with Gasteiger partial charge in [0.2, 0.25) is 5.91 Å². The largest absolute Gasteiger partial charge is 0.346 e. The van der Waals surface area contributed by atoms with Crippen molar-refractivity contribution in [2.45, 2.75) is 13.0 Å². The summed E-state index contributed by atoms with van der Waals surface area (Å²) in [5.41, 5.74) is 0.902. The van der Waals surface area contributed by atoms with Crippen LogP contribution in [-0.2, 0) is 4.79 Å². The molecule has 0 aliphatic rings. The average molecular weight is 244 g/mol. The molecular formula is C11H11Cl2NO. The third kappa shape index (κ3) is 3.26. The molecule has 0 aliphatic heterocycles. The second-order valence-electron chi connectivity index (χ2n) is 3.11. The first-order valence-electron chi connectivity index (χ1n) is 4.42. The first kappa shape index (κ1) is 12.1. The van der Waals surface area contributed by atoms with Crippen LogP contribution in [0.1, 0.15) is 18.5 Å². The summed E-state index contributed by atoms with van der Waals surface area (Å²) in [5.74, 6) is -0.214. The van der Waals surface area contributed by atoms with Gasteiger partial charge in [-0.3, -0.25) is 4.79 Å². The summed E-state index contributed by atoms with van der Waals surface area (Å²) < 4.78 is 0. The highest BCUT2D eigenvalue weighted by Crippen LogP contribution is 2.25. The van der Waals surface area contributed by atoms with Gasteiger partial charge in [0, 0.05) is 0 Å². The molecular weight excluding hydrogens is 233 g/mol. The molecule has 0 radical (unpaired) electrons. The number of carbonyl (C=O) groups excluding carboxylic acids is 1. The van der Waals surface area contributed by atoms with Crippen molar-refractivity contribution in [2.24, 2.45) is 0 Å². The molecule has 0 saturated heterocycles. The highest BCUT2D eigenvalue weighted by atomic mass is 35.5. The Hall–Kier alpha value is -0.990.